The highest BCUT2D eigenvalue weighted by atomic mass is 35.5. The van der Waals surface area contributed by atoms with Gasteiger partial charge in [0.15, 0.2) is 11.5 Å². The van der Waals surface area contributed by atoms with E-state index in [4.69, 9.17) is 21.1 Å². The van der Waals surface area contributed by atoms with E-state index in [1.54, 1.807) is 24.3 Å². The maximum absolute atomic E-state index is 13.8. The molecular weight excluding hydrogens is 393 g/mol. The molecule has 0 saturated heterocycles. The van der Waals surface area contributed by atoms with E-state index < -0.39 is 6.10 Å². The highest BCUT2D eigenvalue weighted by molar-refractivity contribution is 6.32. The molecule has 0 unspecified atom stereocenters. The second-order valence-electron chi connectivity index (χ2n) is 6.55. The van der Waals surface area contributed by atoms with Crippen molar-refractivity contribution in [2.75, 3.05) is 13.7 Å². The van der Waals surface area contributed by atoms with Crippen molar-refractivity contribution in [1.29, 1.82) is 0 Å². The molecule has 4 nitrogen and oxygen atoms in total. The number of aliphatic hydroxyl groups excluding tert-OH is 1. The van der Waals surface area contributed by atoms with Crippen LogP contribution in [0, 0.1) is 5.82 Å². The van der Waals surface area contributed by atoms with Crippen molar-refractivity contribution in [2.45, 2.75) is 19.3 Å². The monoisotopic (exact) mass is 415 g/mol. The van der Waals surface area contributed by atoms with E-state index in [1.807, 2.05) is 36.4 Å². The minimum Gasteiger partial charge on any atom is -0.493 e. The van der Waals surface area contributed by atoms with E-state index in [0.29, 0.717) is 35.2 Å². The van der Waals surface area contributed by atoms with Crippen LogP contribution < -0.4 is 14.8 Å². The smallest absolute Gasteiger partial charge is 0.180 e. The molecule has 29 heavy (non-hydrogen) atoms. The van der Waals surface area contributed by atoms with Crippen molar-refractivity contribution in [3.63, 3.8) is 0 Å². The second-order valence-corrected chi connectivity index (χ2v) is 6.95. The van der Waals surface area contributed by atoms with Crippen molar-refractivity contribution < 1.29 is 19.0 Å². The lowest BCUT2D eigenvalue weighted by Crippen LogP contribution is -2.21. The molecule has 0 spiro atoms. The lowest BCUT2D eigenvalue weighted by Gasteiger charge is -2.16. The molecule has 6 heteroatoms. The van der Waals surface area contributed by atoms with Crippen LogP contribution in [0.5, 0.6) is 11.5 Å². The number of benzene rings is 3. The third-order valence-corrected chi connectivity index (χ3v) is 4.75. The summed E-state index contributed by atoms with van der Waals surface area (Å²) >= 11 is 6.38. The molecule has 0 saturated carbocycles. The molecular formula is C23H23ClFNO3. The van der Waals surface area contributed by atoms with Gasteiger partial charge in [0.05, 0.1) is 18.2 Å². The Kier molecular flexibility index (Phi) is 7.47. The minimum atomic E-state index is -0.600. The molecule has 0 heterocycles. The maximum Gasteiger partial charge on any atom is 0.180 e. The van der Waals surface area contributed by atoms with Gasteiger partial charge < -0.3 is 19.9 Å². The van der Waals surface area contributed by atoms with Gasteiger partial charge in [0.2, 0.25) is 0 Å². The summed E-state index contributed by atoms with van der Waals surface area (Å²) in [5.74, 6) is 0.500. The fourth-order valence-electron chi connectivity index (χ4n) is 2.93. The molecule has 0 aliphatic heterocycles. The molecule has 3 aromatic carbocycles. The summed E-state index contributed by atoms with van der Waals surface area (Å²) in [7, 11) is 1.53. The van der Waals surface area contributed by atoms with Crippen molar-refractivity contribution >= 4 is 11.6 Å². The molecule has 2 N–H and O–H groups in total. The number of halogens is 2. The van der Waals surface area contributed by atoms with E-state index in [9.17, 15) is 9.50 Å². The molecule has 0 fully saturated rings. The number of hydrogen-bond donors (Lipinski definition) is 2. The zero-order chi connectivity index (χ0) is 20.6. The first kappa shape index (κ1) is 21.1. The SMILES string of the molecule is COc1cc(CNC[C@@H](O)c2ccccc2)cc(Cl)c1OCc1ccccc1F. The zero-order valence-electron chi connectivity index (χ0n) is 16.1. The first-order valence-electron chi connectivity index (χ1n) is 9.25. The largest absolute Gasteiger partial charge is 0.493 e. The van der Waals surface area contributed by atoms with Gasteiger partial charge in [-0.1, -0.05) is 60.1 Å². The van der Waals surface area contributed by atoms with Crippen LogP contribution in [0.25, 0.3) is 0 Å². The normalized spacial score (nSPS) is 11.9. The average Bonchev–Trinajstić information content (AvgIpc) is 2.74. The lowest BCUT2D eigenvalue weighted by atomic mass is 10.1. The van der Waals surface area contributed by atoms with E-state index >= 15 is 0 Å². The lowest BCUT2D eigenvalue weighted by molar-refractivity contribution is 0.174. The average molecular weight is 416 g/mol. The Morgan fingerprint density at radius 2 is 1.79 bits per heavy atom. The number of rotatable bonds is 9. The Bertz CT molecular complexity index is 937. The maximum atomic E-state index is 13.8. The number of aliphatic hydroxyl groups is 1. The van der Waals surface area contributed by atoms with Gasteiger partial charge >= 0.3 is 0 Å². The molecule has 3 rings (SSSR count). The Morgan fingerprint density at radius 3 is 2.52 bits per heavy atom. The summed E-state index contributed by atoms with van der Waals surface area (Å²) in [5.41, 5.74) is 2.17. The van der Waals surface area contributed by atoms with E-state index in [2.05, 4.69) is 5.32 Å². The van der Waals surface area contributed by atoms with Crippen molar-refractivity contribution in [1.82, 2.24) is 5.32 Å². The Labute approximate surface area is 174 Å². The van der Waals surface area contributed by atoms with Gasteiger partial charge in [0.1, 0.15) is 12.4 Å². The molecule has 3 aromatic rings. The summed E-state index contributed by atoms with van der Waals surface area (Å²) in [6.45, 7) is 0.937. The van der Waals surface area contributed by atoms with Crippen molar-refractivity contribution in [3.8, 4) is 11.5 Å². The Balaban J connectivity index is 1.62. The van der Waals surface area contributed by atoms with Crippen LogP contribution in [0.15, 0.2) is 66.7 Å². The van der Waals surface area contributed by atoms with Crippen LogP contribution >= 0.6 is 11.6 Å². The summed E-state index contributed by atoms with van der Waals surface area (Å²) in [5, 5.41) is 13.8. The molecule has 0 bridgehead atoms. The van der Waals surface area contributed by atoms with Crippen LogP contribution in [0.3, 0.4) is 0 Å². The van der Waals surface area contributed by atoms with Gasteiger partial charge in [0, 0.05) is 18.7 Å². The standard InChI is InChI=1S/C23H23ClFNO3/c1-28-22-12-16(13-26-14-21(27)17-7-3-2-4-8-17)11-19(24)23(22)29-15-18-9-5-6-10-20(18)25/h2-12,21,26-27H,13-15H2,1H3/t21-/m1/s1. The van der Waals surface area contributed by atoms with Gasteiger partial charge in [0.25, 0.3) is 0 Å². The summed E-state index contributed by atoms with van der Waals surface area (Å²) < 4.78 is 24.9. The molecule has 0 radical (unpaired) electrons. The highest BCUT2D eigenvalue weighted by Gasteiger charge is 2.14. The zero-order valence-corrected chi connectivity index (χ0v) is 16.8. The van der Waals surface area contributed by atoms with Crippen LogP contribution in [-0.4, -0.2) is 18.8 Å². The first-order valence-corrected chi connectivity index (χ1v) is 9.62. The van der Waals surface area contributed by atoms with E-state index in [-0.39, 0.29) is 12.4 Å². The molecule has 0 amide bonds. The predicted molar refractivity (Wildman–Crippen MR) is 112 cm³/mol. The van der Waals surface area contributed by atoms with Crippen LogP contribution in [0.1, 0.15) is 22.8 Å². The molecule has 0 aliphatic carbocycles. The van der Waals surface area contributed by atoms with Gasteiger partial charge in [-0.15, -0.1) is 0 Å². The van der Waals surface area contributed by atoms with Crippen LogP contribution in [-0.2, 0) is 13.2 Å². The number of methoxy groups -OCH3 is 1. The van der Waals surface area contributed by atoms with E-state index in [0.717, 1.165) is 11.1 Å². The van der Waals surface area contributed by atoms with Crippen molar-refractivity contribution in [2.24, 2.45) is 0 Å². The Morgan fingerprint density at radius 1 is 1.07 bits per heavy atom. The molecule has 1 atom stereocenters. The van der Waals surface area contributed by atoms with Crippen LogP contribution in [0.4, 0.5) is 4.39 Å². The number of nitrogens with one attached hydrogen (secondary N) is 1. The second kappa shape index (κ2) is 10.3. The van der Waals surface area contributed by atoms with E-state index in [1.165, 1.54) is 13.2 Å². The minimum absolute atomic E-state index is 0.0453. The molecule has 0 aromatic heterocycles. The topological polar surface area (TPSA) is 50.7 Å². The Hall–Kier alpha value is -2.60. The summed E-state index contributed by atoms with van der Waals surface area (Å²) in [4.78, 5) is 0. The van der Waals surface area contributed by atoms with Crippen LogP contribution in [0.2, 0.25) is 5.02 Å². The van der Waals surface area contributed by atoms with Gasteiger partial charge in [-0.3, -0.25) is 0 Å². The third-order valence-electron chi connectivity index (χ3n) is 4.47. The van der Waals surface area contributed by atoms with Crippen molar-refractivity contribution in [3.05, 3.63) is 94.3 Å². The summed E-state index contributed by atoms with van der Waals surface area (Å²) in [6.07, 6.45) is -0.600. The summed E-state index contributed by atoms with van der Waals surface area (Å²) in [6, 6.07) is 19.5. The van der Waals surface area contributed by atoms with Gasteiger partial charge in [-0.25, -0.2) is 4.39 Å². The molecule has 152 valence electrons. The van der Waals surface area contributed by atoms with Gasteiger partial charge in [-0.2, -0.15) is 0 Å². The van der Waals surface area contributed by atoms with Gasteiger partial charge in [-0.05, 0) is 29.3 Å². The quantitative estimate of drug-likeness (QED) is 0.522. The first-order chi connectivity index (χ1) is 14.1. The third kappa shape index (κ3) is 5.70. The number of hydrogen-bond acceptors (Lipinski definition) is 4. The predicted octanol–water partition coefficient (Wildman–Crippen LogP) is 4.89. The fourth-order valence-corrected chi connectivity index (χ4v) is 3.21. The highest BCUT2D eigenvalue weighted by Crippen LogP contribution is 2.37. The fraction of sp³-hybridized carbons (Fsp3) is 0.217. The molecule has 0 aliphatic rings. The number of ether oxygens (including phenoxy) is 2.